The fraction of sp³-hybridized carbons (Fsp3) is 0.467. The Kier molecular flexibility index (Phi) is 12.2. The molecule has 0 atom stereocenters. The molecular weight excluding hydrogens is 494 g/mol. The zero-order chi connectivity index (χ0) is 28.0. The van der Waals surface area contributed by atoms with Crippen molar-refractivity contribution >= 4 is 17.4 Å². The smallest absolute Gasteiger partial charge is 0.253 e. The molecule has 1 amide bonds. The molecule has 1 saturated carbocycles. The SMILES string of the molecule is C=C=C(CNC(=O)c1cc[nH]c1)NC1=NC(c2cccc(CCC3CCC(COC)CC3)n2)=CC1.CC(O)O.[HH].[HH]. The number of hydrogen-bond acceptors (Lipinski definition) is 7. The second kappa shape index (κ2) is 15.8. The number of methoxy groups -OCH3 is 1. The van der Waals surface area contributed by atoms with Gasteiger partial charge in [0.15, 0.2) is 0 Å². The maximum absolute atomic E-state index is 12.2. The average Bonchev–Trinajstić information content (AvgIpc) is 3.63. The van der Waals surface area contributed by atoms with Crippen molar-refractivity contribution in [3.8, 4) is 0 Å². The van der Waals surface area contributed by atoms with E-state index in [1.54, 1.807) is 25.6 Å². The lowest BCUT2D eigenvalue weighted by Crippen LogP contribution is -2.32. The molecule has 1 aliphatic carbocycles. The predicted molar refractivity (Wildman–Crippen MR) is 157 cm³/mol. The lowest BCUT2D eigenvalue weighted by Gasteiger charge is -2.27. The summed E-state index contributed by atoms with van der Waals surface area (Å²) in [4.78, 5) is 24.6. The molecule has 0 aromatic carbocycles. The highest BCUT2D eigenvalue weighted by molar-refractivity contribution is 5.95. The van der Waals surface area contributed by atoms with E-state index in [1.165, 1.54) is 39.0 Å². The molecule has 0 bridgehead atoms. The first-order valence-corrected chi connectivity index (χ1v) is 13.5. The molecule has 214 valence electrons. The van der Waals surface area contributed by atoms with Crippen LogP contribution in [0.4, 0.5) is 0 Å². The van der Waals surface area contributed by atoms with Gasteiger partial charge in [0.05, 0.1) is 29.2 Å². The van der Waals surface area contributed by atoms with E-state index in [2.05, 4.69) is 46.1 Å². The van der Waals surface area contributed by atoms with Gasteiger partial charge in [0.25, 0.3) is 5.91 Å². The third-order valence-electron chi connectivity index (χ3n) is 6.79. The molecular formula is C30H45N5O4. The fourth-order valence-corrected chi connectivity index (χ4v) is 4.77. The number of aliphatic imine (C=N–C) groups is 1. The van der Waals surface area contributed by atoms with E-state index in [4.69, 9.17) is 24.9 Å². The Morgan fingerprint density at radius 2 is 2.00 bits per heavy atom. The van der Waals surface area contributed by atoms with Crippen LogP contribution in [0.25, 0.3) is 5.70 Å². The quantitative estimate of drug-likeness (QED) is 0.224. The molecule has 0 unspecified atom stereocenters. The van der Waals surface area contributed by atoms with Gasteiger partial charge in [-0.3, -0.25) is 9.78 Å². The van der Waals surface area contributed by atoms with Crippen LogP contribution in [-0.2, 0) is 11.2 Å². The average molecular weight is 540 g/mol. The minimum absolute atomic E-state index is 0. The highest BCUT2D eigenvalue weighted by atomic mass is 16.5. The first-order chi connectivity index (χ1) is 18.9. The van der Waals surface area contributed by atoms with Crippen LogP contribution in [0.3, 0.4) is 0 Å². The van der Waals surface area contributed by atoms with Crippen LogP contribution < -0.4 is 10.6 Å². The molecule has 2 aromatic heterocycles. The number of nitrogens with zero attached hydrogens (tertiary/aromatic N) is 2. The summed E-state index contributed by atoms with van der Waals surface area (Å²) in [7, 11) is 1.80. The van der Waals surface area contributed by atoms with Crippen molar-refractivity contribution in [2.45, 2.75) is 58.2 Å². The normalized spacial score (nSPS) is 18.4. The number of aryl methyl sites for hydroxylation is 1. The lowest BCUT2D eigenvalue weighted by molar-refractivity contribution is -0.0228. The summed E-state index contributed by atoms with van der Waals surface area (Å²) >= 11 is 0. The minimum atomic E-state index is -1.17. The Morgan fingerprint density at radius 1 is 1.26 bits per heavy atom. The zero-order valence-electron chi connectivity index (χ0n) is 22.9. The van der Waals surface area contributed by atoms with E-state index in [-0.39, 0.29) is 8.76 Å². The van der Waals surface area contributed by atoms with Crippen molar-refractivity contribution in [1.82, 2.24) is 20.6 Å². The number of aromatic amines is 1. The molecule has 0 spiro atoms. The maximum atomic E-state index is 12.2. The number of amidine groups is 1. The molecule has 9 nitrogen and oxygen atoms in total. The van der Waals surface area contributed by atoms with Crippen LogP contribution in [0.5, 0.6) is 0 Å². The number of H-pyrrole nitrogens is 1. The van der Waals surface area contributed by atoms with Crippen molar-refractivity contribution in [3.05, 3.63) is 77.7 Å². The highest BCUT2D eigenvalue weighted by Gasteiger charge is 2.21. The molecule has 5 N–H and O–H groups in total. The molecule has 2 aliphatic rings. The molecule has 1 fully saturated rings. The van der Waals surface area contributed by atoms with Crippen molar-refractivity contribution < 1.29 is 22.6 Å². The van der Waals surface area contributed by atoms with Crippen LogP contribution in [0.1, 0.15) is 70.0 Å². The van der Waals surface area contributed by atoms with Crippen LogP contribution >= 0.6 is 0 Å². The van der Waals surface area contributed by atoms with Crippen LogP contribution in [0.2, 0.25) is 0 Å². The van der Waals surface area contributed by atoms with E-state index >= 15 is 0 Å². The summed E-state index contributed by atoms with van der Waals surface area (Å²) in [6.45, 7) is 6.20. The third kappa shape index (κ3) is 10.3. The summed E-state index contributed by atoms with van der Waals surface area (Å²) in [5, 5.41) is 21.3. The van der Waals surface area contributed by atoms with Gasteiger partial charge in [-0.15, -0.1) is 5.73 Å². The second-order valence-electron chi connectivity index (χ2n) is 9.94. The number of ether oxygens (including phenoxy) is 1. The van der Waals surface area contributed by atoms with Crippen molar-refractivity contribution in [3.63, 3.8) is 0 Å². The monoisotopic (exact) mass is 539 g/mol. The van der Waals surface area contributed by atoms with E-state index in [0.717, 1.165) is 47.8 Å². The molecule has 1 aliphatic heterocycles. The fourth-order valence-electron chi connectivity index (χ4n) is 4.77. The number of aliphatic hydroxyl groups is 2. The first kappa shape index (κ1) is 30.1. The summed E-state index contributed by atoms with van der Waals surface area (Å²) in [5.74, 6) is 2.16. The van der Waals surface area contributed by atoms with Gasteiger partial charge in [0.2, 0.25) is 0 Å². The molecule has 9 heteroatoms. The number of carbonyl (C=O) groups is 1. The number of aliphatic hydroxyl groups excluding tert-OH is 1. The predicted octanol–water partition coefficient (Wildman–Crippen LogP) is 4.44. The number of rotatable bonds is 10. The molecule has 0 radical (unpaired) electrons. The van der Waals surface area contributed by atoms with Gasteiger partial charge < -0.3 is 30.6 Å². The molecule has 0 saturated heterocycles. The van der Waals surface area contributed by atoms with E-state index in [0.29, 0.717) is 24.2 Å². The summed E-state index contributed by atoms with van der Waals surface area (Å²) in [6.07, 6.45) is 12.3. The van der Waals surface area contributed by atoms with Crippen LogP contribution in [-0.4, -0.2) is 58.5 Å². The summed E-state index contributed by atoms with van der Waals surface area (Å²) < 4.78 is 5.32. The Hall–Kier alpha value is -3.49. The lowest BCUT2D eigenvalue weighted by atomic mass is 9.80. The van der Waals surface area contributed by atoms with Gasteiger partial charge >= 0.3 is 0 Å². The standard InChI is InChI=1S/C28H35N5O2.C2H6O2.2H2/c1-3-23(18-30-28(34)22-15-16-29-17-22)32-27-14-13-26(33-27)25-6-4-5-24(31-25)12-11-20-7-9-21(10-8-20)19-35-2;1-2(3)4;;/h4-6,13,15-17,20-21,29H,1,7-12,14,18-19H2,2H3,(H,30,34)(H,32,33);2-4H,1H3;2*1H. The van der Waals surface area contributed by atoms with Gasteiger partial charge in [-0.1, -0.05) is 25.5 Å². The molecule has 39 heavy (non-hydrogen) atoms. The Morgan fingerprint density at radius 3 is 2.67 bits per heavy atom. The van der Waals surface area contributed by atoms with Gasteiger partial charge in [-0.25, -0.2) is 4.99 Å². The third-order valence-corrected chi connectivity index (χ3v) is 6.79. The number of nitrogens with one attached hydrogen (secondary N) is 3. The second-order valence-corrected chi connectivity index (χ2v) is 9.94. The summed E-state index contributed by atoms with van der Waals surface area (Å²) in [6, 6.07) is 7.93. The number of pyridine rings is 1. The van der Waals surface area contributed by atoms with E-state index in [9.17, 15) is 4.79 Å². The molecule has 2 aromatic rings. The van der Waals surface area contributed by atoms with Crippen LogP contribution in [0.15, 0.2) is 65.7 Å². The number of aromatic nitrogens is 2. The van der Waals surface area contributed by atoms with Crippen molar-refractivity contribution in [1.29, 1.82) is 0 Å². The minimum Gasteiger partial charge on any atom is -0.384 e. The molecule has 3 heterocycles. The zero-order valence-corrected chi connectivity index (χ0v) is 22.9. The van der Waals surface area contributed by atoms with E-state index < -0.39 is 6.29 Å². The number of amides is 1. The Balaban J connectivity index is 0.00000131. The largest absolute Gasteiger partial charge is 0.384 e. The highest BCUT2D eigenvalue weighted by Crippen LogP contribution is 2.31. The van der Waals surface area contributed by atoms with Gasteiger partial charge in [-0.05, 0) is 68.7 Å². The van der Waals surface area contributed by atoms with Gasteiger partial charge in [0, 0.05) is 41.1 Å². The first-order valence-electron chi connectivity index (χ1n) is 13.5. The Labute approximate surface area is 233 Å². The maximum Gasteiger partial charge on any atom is 0.253 e. The molecule has 4 rings (SSSR count). The number of hydrogen-bond donors (Lipinski definition) is 5. The summed E-state index contributed by atoms with van der Waals surface area (Å²) in [5.41, 5.74) is 7.00. The van der Waals surface area contributed by atoms with Gasteiger partial charge in [0.1, 0.15) is 12.1 Å². The number of carbonyl (C=O) groups excluding carboxylic acids is 1. The van der Waals surface area contributed by atoms with Crippen molar-refractivity contribution in [2.24, 2.45) is 16.8 Å². The van der Waals surface area contributed by atoms with E-state index in [1.807, 2.05) is 6.07 Å². The Bertz CT molecular complexity index is 1170. The van der Waals surface area contributed by atoms with Crippen LogP contribution in [0, 0.1) is 11.8 Å². The van der Waals surface area contributed by atoms with Gasteiger partial charge in [-0.2, -0.15) is 0 Å². The van der Waals surface area contributed by atoms with Crippen molar-refractivity contribution in [2.75, 3.05) is 20.3 Å². The topological polar surface area (TPSA) is 132 Å².